The highest BCUT2D eigenvalue weighted by molar-refractivity contribution is 6.30. The van der Waals surface area contributed by atoms with E-state index >= 15 is 0 Å². The fourth-order valence-electron chi connectivity index (χ4n) is 5.73. The second-order valence-electron chi connectivity index (χ2n) is 9.97. The summed E-state index contributed by atoms with van der Waals surface area (Å²) in [7, 11) is 0. The zero-order valence-electron chi connectivity index (χ0n) is 21.3. The Morgan fingerprint density at radius 3 is 1.95 bits per heavy atom. The lowest BCUT2D eigenvalue weighted by molar-refractivity contribution is -0.109. The minimum absolute atomic E-state index is 0. The minimum Gasteiger partial charge on any atom is -0.385 e. The number of hydrogen-bond acceptors (Lipinski definition) is 3. The smallest absolute Gasteiger partial charge is 0.207 e. The van der Waals surface area contributed by atoms with Crippen molar-refractivity contribution in [1.29, 1.82) is 0 Å². The van der Waals surface area contributed by atoms with Crippen molar-refractivity contribution in [3.8, 4) is 0 Å². The molecule has 1 aliphatic rings. The first kappa shape index (κ1) is 29.2. The summed E-state index contributed by atoms with van der Waals surface area (Å²) >= 11 is 6.04. The third kappa shape index (κ3) is 7.36. The van der Waals surface area contributed by atoms with Gasteiger partial charge >= 0.3 is 0 Å². The lowest BCUT2D eigenvalue weighted by Crippen LogP contribution is -2.43. The Balaban J connectivity index is 0.00000380. The first-order chi connectivity index (χ1) is 17.6. The second-order valence-corrected chi connectivity index (χ2v) is 10.4. The maximum absolute atomic E-state index is 11.2. The molecule has 0 saturated carbocycles. The molecule has 0 aliphatic carbocycles. The normalized spacial score (nSPS) is 15.5. The van der Waals surface area contributed by atoms with E-state index in [0.29, 0.717) is 11.6 Å². The third-order valence-corrected chi connectivity index (χ3v) is 8.06. The number of piperidine rings is 1. The van der Waals surface area contributed by atoms with Crippen LogP contribution in [-0.4, -0.2) is 42.6 Å². The number of nitrogens with one attached hydrogen (secondary N) is 1. The highest BCUT2D eigenvalue weighted by Crippen LogP contribution is 2.41. The van der Waals surface area contributed by atoms with Crippen molar-refractivity contribution >= 4 is 30.4 Å². The van der Waals surface area contributed by atoms with E-state index in [1.54, 1.807) is 0 Å². The lowest BCUT2D eigenvalue weighted by atomic mass is 9.68. The molecule has 4 rings (SSSR count). The fourth-order valence-corrected chi connectivity index (χ4v) is 5.86. The van der Waals surface area contributed by atoms with Crippen LogP contribution in [0.25, 0.3) is 0 Å². The highest BCUT2D eigenvalue weighted by atomic mass is 35.5. The van der Waals surface area contributed by atoms with E-state index in [4.69, 9.17) is 11.6 Å². The molecule has 1 heterocycles. The van der Waals surface area contributed by atoms with Gasteiger partial charge < -0.3 is 15.3 Å². The Morgan fingerprint density at radius 1 is 0.865 bits per heavy atom. The van der Waals surface area contributed by atoms with E-state index in [1.165, 1.54) is 11.1 Å². The number of nitrogens with zero attached hydrogens (tertiary/aromatic N) is 1. The summed E-state index contributed by atoms with van der Waals surface area (Å²) in [6.07, 6.45) is 6.22. The lowest BCUT2D eigenvalue weighted by Gasteiger charge is -2.40. The summed E-state index contributed by atoms with van der Waals surface area (Å²) < 4.78 is 0. The Hall–Kier alpha value is -2.37. The van der Waals surface area contributed by atoms with Gasteiger partial charge in [0.2, 0.25) is 6.41 Å². The predicted molar refractivity (Wildman–Crippen MR) is 154 cm³/mol. The monoisotopic (exact) mass is 540 g/mol. The summed E-state index contributed by atoms with van der Waals surface area (Å²) in [5.74, 6) is 0. The average Bonchev–Trinajstić information content (AvgIpc) is 2.92. The first-order valence-electron chi connectivity index (χ1n) is 13.0. The van der Waals surface area contributed by atoms with Crippen molar-refractivity contribution in [2.45, 2.75) is 49.5 Å². The van der Waals surface area contributed by atoms with E-state index in [9.17, 15) is 9.90 Å². The van der Waals surface area contributed by atoms with E-state index < -0.39 is 5.60 Å². The molecular weight excluding hydrogens is 503 g/mol. The molecule has 3 aromatic carbocycles. The van der Waals surface area contributed by atoms with Gasteiger partial charge in [-0.15, -0.1) is 12.4 Å². The van der Waals surface area contributed by atoms with E-state index in [-0.39, 0.29) is 17.8 Å². The van der Waals surface area contributed by atoms with Gasteiger partial charge in [0.25, 0.3) is 0 Å². The minimum atomic E-state index is -0.773. The quantitative estimate of drug-likeness (QED) is 0.208. The molecule has 1 fully saturated rings. The Bertz CT molecular complexity index is 1030. The summed E-state index contributed by atoms with van der Waals surface area (Å²) in [6, 6.07) is 29.2. The second kappa shape index (κ2) is 14.0. The number of amides is 1. The summed E-state index contributed by atoms with van der Waals surface area (Å²) in [5, 5.41) is 14.8. The zero-order chi connectivity index (χ0) is 25.3. The Labute approximate surface area is 232 Å². The number of aliphatic hydroxyl groups is 1. The van der Waals surface area contributed by atoms with Crippen molar-refractivity contribution in [2.24, 2.45) is 0 Å². The standard InChI is InChI=1S/C31H37ClN2O2.ClH/c32-29-15-13-28(14-16-29)31(36)19-23-34(24-20-31)22-8-18-30(17-7-21-33-25-35,26-9-3-1-4-10-26)27-11-5-2-6-12-27;/h1-6,9-16,25,36H,7-8,17-24H2,(H,33,35);1H. The van der Waals surface area contributed by atoms with Crippen LogP contribution in [0.4, 0.5) is 0 Å². The number of carbonyl (C=O) groups excluding carboxylic acids is 1. The van der Waals surface area contributed by atoms with Gasteiger partial charge in [-0.1, -0.05) is 84.4 Å². The van der Waals surface area contributed by atoms with Gasteiger partial charge in [0, 0.05) is 30.1 Å². The van der Waals surface area contributed by atoms with Gasteiger partial charge in [-0.3, -0.25) is 4.79 Å². The number of halogens is 2. The third-order valence-electron chi connectivity index (χ3n) is 7.80. The molecule has 198 valence electrons. The number of carbonyl (C=O) groups is 1. The summed E-state index contributed by atoms with van der Waals surface area (Å²) in [6.45, 7) is 3.45. The van der Waals surface area contributed by atoms with Gasteiger partial charge in [-0.2, -0.15) is 0 Å². The average molecular weight is 542 g/mol. The van der Waals surface area contributed by atoms with E-state index in [1.807, 2.05) is 24.3 Å². The van der Waals surface area contributed by atoms with Gasteiger partial charge in [-0.25, -0.2) is 0 Å². The van der Waals surface area contributed by atoms with Crippen LogP contribution in [0.1, 0.15) is 55.2 Å². The van der Waals surface area contributed by atoms with Crippen LogP contribution in [0, 0.1) is 0 Å². The van der Waals surface area contributed by atoms with Crippen LogP contribution in [0.3, 0.4) is 0 Å². The van der Waals surface area contributed by atoms with Crippen LogP contribution in [0.5, 0.6) is 0 Å². The maximum Gasteiger partial charge on any atom is 0.207 e. The molecule has 37 heavy (non-hydrogen) atoms. The first-order valence-corrected chi connectivity index (χ1v) is 13.4. The molecule has 0 atom stereocenters. The molecule has 3 aromatic rings. The SMILES string of the molecule is Cl.O=CNCCCC(CCCN1CCC(O)(c2ccc(Cl)cc2)CC1)(c1ccccc1)c1ccccc1. The number of rotatable bonds is 12. The topological polar surface area (TPSA) is 52.6 Å². The summed E-state index contributed by atoms with van der Waals surface area (Å²) in [5.41, 5.74) is 2.75. The van der Waals surface area contributed by atoms with Gasteiger partial charge in [0.15, 0.2) is 0 Å². The van der Waals surface area contributed by atoms with Gasteiger partial charge in [0.05, 0.1) is 5.60 Å². The molecule has 4 nitrogen and oxygen atoms in total. The molecule has 0 unspecified atom stereocenters. The van der Waals surface area contributed by atoms with Gasteiger partial charge in [-0.05, 0) is 73.9 Å². The fraction of sp³-hybridized carbons (Fsp3) is 0.387. The molecule has 2 N–H and O–H groups in total. The Kier molecular flexibility index (Phi) is 11.0. The van der Waals surface area contributed by atoms with Crippen LogP contribution >= 0.6 is 24.0 Å². The largest absolute Gasteiger partial charge is 0.385 e. The van der Waals surface area contributed by atoms with Crippen molar-refractivity contribution in [3.63, 3.8) is 0 Å². The van der Waals surface area contributed by atoms with Crippen LogP contribution in [0.15, 0.2) is 84.9 Å². The molecular formula is C31H38Cl2N2O2. The molecule has 0 bridgehead atoms. The van der Waals surface area contributed by atoms with Crippen molar-refractivity contribution < 1.29 is 9.90 Å². The van der Waals surface area contributed by atoms with E-state index in [2.05, 4.69) is 70.9 Å². The molecule has 6 heteroatoms. The van der Waals surface area contributed by atoms with Crippen molar-refractivity contribution in [1.82, 2.24) is 10.2 Å². The van der Waals surface area contributed by atoms with Crippen LogP contribution in [0.2, 0.25) is 5.02 Å². The van der Waals surface area contributed by atoms with E-state index in [0.717, 1.165) is 70.1 Å². The molecule has 1 saturated heterocycles. The number of benzene rings is 3. The summed E-state index contributed by atoms with van der Waals surface area (Å²) in [4.78, 5) is 13.3. The zero-order valence-corrected chi connectivity index (χ0v) is 22.9. The Morgan fingerprint density at radius 2 is 1.41 bits per heavy atom. The van der Waals surface area contributed by atoms with Crippen molar-refractivity contribution in [2.75, 3.05) is 26.2 Å². The molecule has 1 amide bonds. The number of likely N-dealkylation sites (tertiary alicyclic amines) is 1. The molecule has 0 aromatic heterocycles. The van der Waals surface area contributed by atoms with Crippen LogP contribution in [-0.2, 0) is 15.8 Å². The number of hydrogen-bond donors (Lipinski definition) is 2. The van der Waals surface area contributed by atoms with Gasteiger partial charge in [0.1, 0.15) is 0 Å². The highest BCUT2D eigenvalue weighted by Gasteiger charge is 2.36. The molecule has 0 spiro atoms. The predicted octanol–water partition coefficient (Wildman–Crippen LogP) is 6.34. The maximum atomic E-state index is 11.2. The van der Waals surface area contributed by atoms with Crippen molar-refractivity contribution in [3.05, 3.63) is 107 Å². The van der Waals surface area contributed by atoms with Crippen LogP contribution < -0.4 is 5.32 Å². The molecule has 1 aliphatic heterocycles. The molecule has 0 radical (unpaired) electrons.